The summed E-state index contributed by atoms with van der Waals surface area (Å²) in [7, 11) is -3.88. The van der Waals surface area contributed by atoms with Crippen LogP contribution in [0.1, 0.15) is 5.56 Å². The van der Waals surface area contributed by atoms with Gasteiger partial charge in [-0.05, 0) is 5.56 Å². The molecule has 0 aliphatic heterocycles. The summed E-state index contributed by atoms with van der Waals surface area (Å²) in [5.41, 5.74) is 0.593. The fourth-order valence-corrected chi connectivity index (χ4v) is 1.40. The van der Waals surface area contributed by atoms with Gasteiger partial charge in [0, 0.05) is 21.7 Å². The summed E-state index contributed by atoms with van der Waals surface area (Å²) in [6.45, 7) is 0. The molecule has 0 unspecified atom stereocenters. The Morgan fingerprint density at radius 1 is 1.17 bits per heavy atom. The van der Waals surface area contributed by atoms with Crippen LogP contribution in [0.3, 0.4) is 0 Å². The maximum Gasteiger partial charge on any atom is 0.269 e. The van der Waals surface area contributed by atoms with Gasteiger partial charge in [0.2, 0.25) is 0 Å². The van der Waals surface area contributed by atoms with Crippen molar-refractivity contribution in [3.63, 3.8) is 0 Å². The summed E-state index contributed by atoms with van der Waals surface area (Å²) < 4.78 is 29.2. The first-order valence-corrected chi connectivity index (χ1v) is 4.68. The number of rotatable bonds is 2. The molecule has 0 saturated carbocycles. The molecule has 3 nitrogen and oxygen atoms in total. The Balaban J connectivity index is 0.00000121. The topological polar surface area (TPSA) is 54.4 Å². The average Bonchev–Trinajstić information content (AvgIpc) is 1.85. The van der Waals surface area contributed by atoms with E-state index in [9.17, 15) is 8.42 Å². The van der Waals surface area contributed by atoms with Crippen molar-refractivity contribution in [2.75, 3.05) is 0 Å². The molecule has 0 aromatic heterocycles. The van der Waals surface area contributed by atoms with Crippen molar-refractivity contribution in [3.8, 4) is 0 Å². The van der Waals surface area contributed by atoms with E-state index >= 15 is 0 Å². The van der Waals surface area contributed by atoms with Crippen molar-refractivity contribution >= 4 is 10.1 Å². The first kappa shape index (κ1) is 11.8. The first-order valence-electron chi connectivity index (χ1n) is 3.07. The molecule has 0 spiro atoms. The van der Waals surface area contributed by atoms with Gasteiger partial charge in [-0.2, -0.15) is 8.42 Å². The molecule has 1 aromatic carbocycles. The maximum absolute atomic E-state index is 10.4. The van der Waals surface area contributed by atoms with Crippen LogP contribution in [0.25, 0.3) is 0 Å². The van der Waals surface area contributed by atoms with Crippen LogP contribution in [0, 0.1) is 0 Å². The molecule has 64 valence electrons. The van der Waals surface area contributed by atoms with Gasteiger partial charge in [-0.3, -0.25) is 4.55 Å². The standard InChI is InChI=1S/C7H8O3S.Ti/c8-11(9,10)6-7-4-2-1-3-5-7;/h1-5H,6H2,(H,8,9,10);. The molecule has 1 N–H and O–H groups in total. The molecule has 0 aliphatic carbocycles. The smallest absolute Gasteiger partial charge is 0.269 e. The summed E-state index contributed by atoms with van der Waals surface area (Å²) >= 11 is 0. The Labute approximate surface area is 86.4 Å². The van der Waals surface area contributed by atoms with Crippen LogP contribution in [0.15, 0.2) is 30.3 Å². The van der Waals surface area contributed by atoms with Crippen LogP contribution >= 0.6 is 0 Å². The zero-order valence-electron chi connectivity index (χ0n) is 6.27. The fourth-order valence-electron chi connectivity index (χ4n) is 0.785. The van der Waals surface area contributed by atoms with Gasteiger partial charge in [0.15, 0.2) is 0 Å². The molecule has 0 radical (unpaired) electrons. The van der Waals surface area contributed by atoms with E-state index < -0.39 is 10.1 Å². The molecule has 0 heterocycles. The maximum atomic E-state index is 10.4. The van der Waals surface area contributed by atoms with Crippen molar-refractivity contribution in [3.05, 3.63) is 35.9 Å². The first-order chi connectivity index (χ1) is 5.08. The van der Waals surface area contributed by atoms with Crippen LogP contribution < -0.4 is 0 Å². The summed E-state index contributed by atoms with van der Waals surface area (Å²) in [6, 6.07) is 8.52. The third-order valence-corrected chi connectivity index (χ3v) is 1.89. The minimum atomic E-state index is -3.88. The monoisotopic (exact) mass is 220 g/mol. The quantitative estimate of drug-likeness (QED) is 0.599. The number of benzene rings is 1. The van der Waals surface area contributed by atoms with Crippen molar-refractivity contribution in [2.24, 2.45) is 0 Å². The van der Waals surface area contributed by atoms with E-state index in [-0.39, 0.29) is 27.5 Å². The van der Waals surface area contributed by atoms with Crippen LogP contribution in [0.2, 0.25) is 0 Å². The van der Waals surface area contributed by atoms with E-state index in [1.165, 1.54) is 0 Å². The molecule has 1 rings (SSSR count). The van der Waals surface area contributed by atoms with Crippen molar-refractivity contribution in [1.82, 2.24) is 0 Å². The Hall–Kier alpha value is -0.156. The van der Waals surface area contributed by atoms with Crippen LogP contribution in [-0.2, 0) is 37.6 Å². The minimum absolute atomic E-state index is 0. The molecule has 0 atom stereocenters. The predicted octanol–water partition coefficient (Wildman–Crippen LogP) is 1.07. The van der Waals surface area contributed by atoms with E-state index in [1.807, 2.05) is 0 Å². The van der Waals surface area contributed by atoms with Gasteiger partial charge < -0.3 is 0 Å². The molecular weight excluding hydrogens is 212 g/mol. The molecule has 1 aromatic rings. The fraction of sp³-hybridized carbons (Fsp3) is 0.143. The van der Waals surface area contributed by atoms with Gasteiger partial charge in [-0.25, -0.2) is 0 Å². The van der Waals surface area contributed by atoms with Crippen molar-refractivity contribution < 1.29 is 34.7 Å². The summed E-state index contributed by atoms with van der Waals surface area (Å²) in [4.78, 5) is 0. The van der Waals surface area contributed by atoms with Gasteiger partial charge in [-0.15, -0.1) is 0 Å². The predicted molar refractivity (Wildman–Crippen MR) is 41.7 cm³/mol. The average molecular weight is 220 g/mol. The van der Waals surface area contributed by atoms with Gasteiger partial charge in [0.1, 0.15) is 5.75 Å². The van der Waals surface area contributed by atoms with E-state index in [0.717, 1.165) is 0 Å². The van der Waals surface area contributed by atoms with Crippen LogP contribution in [0.4, 0.5) is 0 Å². The van der Waals surface area contributed by atoms with E-state index in [4.69, 9.17) is 4.55 Å². The van der Waals surface area contributed by atoms with Gasteiger partial charge in [0.05, 0.1) is 0 Å². The Morgan fingerprint density at radius 2 is 1.67 bits per heavy atom. The van der Waals surface area contributed by atoms with Crippen LogP contribution in [-0.4, -0.2) is 13.0 Å². The second-order valence-electron chi connectivity index (χ2n) is 2.21. The molecular formula is C7H8O3STi. The number of hydrogen-bond acceptors (Lipinski definition) is 2. The summed E-state index contributed by atoms with van der Waals surface area (Å²) in [5.74, 6) is -0.312. The molecule has 0 bridgehead atoms. The molecule has 0 amide bonds. The normalized spacial score (nSPS) is 10.4. The molecule has 0 fully saturated rings. The van der Waals surface area contributed by atoms with E-state index in [1.54, 1.807) is 30.3 Å². The second-order valence-corrected chi connectivity index (χ2v) is 3.66. The number of hydrogen-bond donors (Lipinski definition) is 1. The summed E-state index contributed by atoms with van der Waals surface area (Å²) in [5, 5.41) is 0. The second kappa shape index (κ2) is 4.77. The van der Waals surface area contributed by atoms with Crippen LogP contribution in [0.5, 0.6) is 0 Å². The molecule has 0 saturated heterocycles. The van der Waals surface area contributed by atoms with Gasteiger partial charge >= 0.3 is 0 Å². The Morgan fingerprint density at radius 3 is 2.08 bits per heavy atom. The SMILES string of the molecule is O=S(=O)(O)Cc1ccccc1.[Ti]. The zero-order chi connectivity index (χ0) is 8.32. The van der Waals surface area contributed by atoms with Crippen molar-refractivity contribution in [2.45, 2.75) is 5.75 Å². The molecule has 5 heteroatoms. The largest absolute Gasteiger partial charge is 0.285 e. The zero-order valence-corrected chi connectivity index (χ0v) is 8.64. The molecule has 12 heavy (non-hydrogen) atoms. The van der Waals surface area contributed by atoms with Gasteiger partial charge in [0.25, 0.3) is 10.1 Å². The Bertz CT molecular complexity index is 320. The van der Waals surface area contributed by atoms with Gasteiger partial charge in [-0.1, -0.05) is 30.3 Å². The third kappa shape index (κ3) is 4.67. The van der Waals surface area contributed by atoms with E-state index in [0.29, 0.717) is 5.56 Å². The van der Waals surface area contributed by atoms with Crippen molar-refractivity contribution in [1.29, 1.82) is 0 Å². The molecule has 0 aliphatic rings. The third-order valence-electron chi connectivity index (χ3n) is 1.19. The minimum Gasteiger partial charge on any atom is -0.285 e. The Kier molecular flexibility index (Phi) is 4.71. The van der Waals surface area contributed by atoms with E-state index in [2.05, 4.69) is 0 Å². The summed E-state index contributed by atoms with van der Waals surface area (Å²) in [6.07, 6.45) is 0.